The van der Waals surface area contributed by atoms with Crippen molar-refractivity contribution in [2.45, 2.75) is 25.8 Å². The SMILES string of the molecule is Cl.Cl.O=C(NCc1ccn2ccnc2c1)C1CC12CCNCC2. The van der Waals surface area contributed by atoms with E-state index in [4.69, 9.17) is 0 Å². The molecule has 2 aromatic heterocycles. The second kappa shape index (κ2) is 7.07. The van der Waals surface area contributed by atoms with E-state index >= 15 is 0 Å². The van der Waals surface area contributed by atoms with Crippen LogP contribution in [0.1, 0.15) is 24.8 Å². The summed E-state index contributed by atoms with van der Waals surface area (Å²) in [4.78, 5) is 16.6. The summed E-state index contributed by atoms with van der Waals surface area (Å²) < 4.78 is 1.97. The molecule has 1 aliphatic heterocycles. The third-order valence-corrected chi connectivity index (χ3v) is 5.03. The number of carbonyl (C=O) groups is 1. The van der Waals surface area contributed by atoms with E-state index in [2.05, 4.69) is 15.6 Å². The number of imidazole rings is 1. The van der Waals surface area contributed by atoms with Gasteiger partial charge in [0.15, 0.2) is 0 Å². The molecule has 2 aliphatic rings. The molecule has 5 nitrogen and oxygen atoms in total. The minimum absolute atomic E-state index is 0. The number of pyridine rings is 1. The summed E-state index contributed by atoms with van der Waals surface area (Å²) in [6, 6.07) is 4.05. The van der Waals surface area contributed by atoms with Gasteiger partial charge in [0, 0.05) is 31.1 Å². The number of rotatable bonds is 3. The van der Waals surface area contributed by atoms with Crippen molar-refractivity contribution < 1.29 is 4.79 Å². The topological polar surface area (TPSA) is 58.4 Å². The number of nitrogens with zero attached hydrogens (tertiary/aromatic N) is 2. The molecular formula is C16H22Cl2N4O. The zero-order valence-corrected chi connectivity index (χ0v) is 14.5. The molecule has 1 atom stereocenters. The average molecular weight is 357 g/mol. The van der Waals surface area contributed by atoms with Gasteiger partial charge in [-0.05, 0) is 55.5 Å². The van der Waals surface area contributed by atoms with Crippen LogP contribution in [0.25, 0.3) is 5.65 Å². The van der Waals surface area contributed by atoms with Crippen LogP contribution in [-0.2, 0) is 11.3 Å². The van der Waals surface area contributed by atoms with Crippen LogP contribution >= 0.6 is 24.8 Å². The summed E-state index contributed by atoms with van der Waals surface area (Å²) in [7, 11) is 0. The van der Waals surface area contributed by atoms with Gasteiger partial charge in [0.05, 0.1) is 0 Å². The Labute approximate surface area is 148 Å². The van der Waals surface area contributed by atoms with Crippen molar-refractivity contribution in [1.82, 2.24) is 20.0 Å². The highest BCUT2D eigenvalue weighted by Gasteiger charge is 2.57. The lowest BCUT2D eigenvalue weighted by molar-refractivity contribution is -0.123. The van der Waals surface area contributed by atoms with E-state index in [9.17, 15) is 4.79 Å². The van der Waals surface area contributed by atoms with E-state index in [-0.39, 0.29) is 36.6 Å². The Balaban J connectivity index is 0.000000960. The van der Waals surface area contributed by atoms with E-state index in [1.54, 1.807) is 6.20 Å². The molecule has 2 N–H and O–H groups in total. The Morgan fingerprint density at radius 2 is 2.13 bits per heavy atom. The van der Waals surface area contributed by atoms with Crippen LogP contribution in [-0.4, -0.2) is 28.4 Å². The summed E-state index contributed by atoms with van der Waals surface area (Å²) in [6.45, 7) is 2.70. The van der Waals surface area contributed by atoms with Gasteiger partial charge in [-0.25, -0.2) is 4.98 Å². The first-order valence-electron chi connectivity index (χ1n) is 7.67. The summed E-state index contributed by atoms with van der Waals surface area (Å²) in [5.74, 6) is 0.454. The maximum atomic E-state index is 12.3. The minimum Gasteiger partial charge on any atom is -0.352 e. The quantitative estimate of drug-likeness (QED) is 0.885. The van der Waals surface area contributed by atoms with Crippen molar-refractivity contribution in [1.29, 1.82) is 0 Å². The number of nitrogens with one attached hydrogen (secondary N) is 2. The van der Waals surface area contributed by atoms with E-state index in [1.807, 2.05) is 28.9 Å². The molecule has 0 bridgehead atoms. The summed E-state index contributed by atoms with van der Waals surface area (Å²) >= 11 is 0. The molecule has 7 heteroatoms. The molecule has 1 saturated carbocycles. The molecule has 23 heavy (non-hydrogen) atoms. The molecule has 1 aliphatic carbocycles. The molecule has 1 saturated heterocycles. The normalized spacial score (nSPS) is 21.3. The van der Waals surface area contributed by atoms with Gasteiger partial charge in [-0.2, -0.15) is 0 Å². The van der Waals surface area contributed by atoms with Gasteiger partial charge >= 0.3 is 0 Å². The predicted molar refractivity (Wildman–Crippen MR) is 94.2 cm³/mol. The molecule has 2 aromatic rings. The van der Waals surface area contributed by atoms with Crippen molar-refractivity contribution in [3.05, 3.63) is 36.3 Å². The van der Waals surface area contributed by atoms with Gasteiger partial charge in [-0.15, -0.1) is 24.8 Å². The predicted octanol–water partition coefficient (Wildman–Crippen LogP) is 2.18. The minimum atomic E-state index is 0. The van der Waals surface area contributed by atoms with Crippen LogP contribution in [0.2, 0.25) is 0 Å². The molecular weight excluding hydrogens is 335 g/mol. The Kier molecular flexibility index (Phi) is 5.55. The first-order valence-corrected chi connectivity index (χ1v) is 7.67. The number of hydrogen-bond donors (Lipinski definition) is 2. The molecule has 1 amide bonds. The molecule has 0 aromatic carbocycles. The molecule has 3 heterocycles. The van der Waals surface area contributed by atoms with Gasteiger partial charge in [0.25, 0.3) is 0 Å². The highest BCUT2D eigenvalue weighted by atomic mass is 35.5. The monoisotopic (exact) mass is 356 g/mol. The van der Waals surface area contributed by atoms with Gasteiger partial charge < -0.3 is 15.0 Å². The number of piperidine rings is 1. The molecule has 1 spiro atoms. The summed E-state index contributed by atoms with van der Waals surface area (Å²) in [5.41, 5.74) is 2.33. The Hall–Kier alpha value is -1.30. The van der Waals surface area contributed by atoms with Crippen molar-refractivity contribution >= 4 is 36.4 Å². The number of carbonyl (C=O) groups excluding carboxylic acids is 1. The van der Waals surface area contributed by atoms with Gasteiger partial charge in [0.2, 0.25) is 5.91 Å². The molecule has 1 unspecified atom stereocenters. The molecule has 126 valence electrons. The van der Waals surface area contributed by atoms with Crippen LogP contribution < -0.4 is 10.6 Å². The largest absolute Gasteiger partial charge is 0.352 e. The molecule has 0 radical (unpaired) electrons. The number of halogens is 2. The number of aromatic nitrogens is 2. The second-order valence-corrected chi connectivity index (χ2v) is 6.31. The maximum absolute atomic E-state index is 12.3. The first-order chi connectivity index (χ1) is 10.3. The summed E-state index contributed by atoms with van der Waals surface area (Å²) in [5, 5.41) is 6.46. The van der Waals surface area contributed by atoms with Crippen molar-refractivity contribution in [2.75, 3.05) is 13.1 Å². The fourth-order valence-electron chi connectivity index (χ4n) is 3.57. The standard InChI is InChI=1S/C16H20N4O.2ClH/c21-15(13-10-16(13)2-4-17-5-3-16)19-11-12-1-7-20-8-6-18-14(20)9-12;;/h1,6-9,13,17H,2-5,10-11H2,(H,19,21);2*1H. The van der Waals surface area contributed by atoms with Crippen molar-refractivity contribution in [2.24, 2.45) is 11.3 Å². The van der Waals surface area contributed by atoms with Gasteiger partial charge in [-0.1, -0.05) is 0 Å². The highest BCUT2D eigenvalue weighted by molar-refractivity contribution is 5.85. The fraction of sp³-hybridized carbons (Fsp3) is 0.500. The molecule has 4 rings (SSSR count). The number of fused-ring (bicyclic) bond motifs is 1. The Morgan fingerprint density at radius 1 is 1.35 bits per heavy atom. The van der Waals surface area contributed by atoms with Crippen molar-refractivity contribution in [3.8, 4) is 0 Å². The van der Waals surface area contributed by atoms with E-state index in [1.165, 1.54) is 0 Å². The van der Waals surface area contributed by atoms with Crippen LogP contribution in [0, 0.1) is 11.3 Å². The fourth-order valence-corrected chi connectivity index (χ4v) is 3.57. The number of amides is 1. The van der Waals surface area contributed by atoms with Gasteiger partial charge in [0.1, 0.15) is 5.65 Å². The van der Waals surface area contributed by atoms with E-state index in [0.29, 0.717) is 12.0 Å². The van der Waals surface area contributed by atoms with Crippen LogP contribution in [0.4, 0.5) is 0 Å². The Bertz CT molecular complexity index is 682. The van der Waals surface area contributed by atoms with Crippen LogP contribution in [0.15, 0.2) is 30.7 Å². The Morgan fingerprint density at radius 3 is 2.91 bits per heavy atom. The average Bonchev–Trinajstić information content (AvgIpc) is 2.99. The van der Waals surface area contributed by atoms with E-state index < -0.39 is 0 Å². The van der Waals surface area contributed by atoms with Crippen LogP contribution in [0.5, 0.6) is 0 Å². The maximum Gasteiger partial charge on any atom is 0.223 e. The highest BCUT2D eigenvalue weighted by Crippen LogP contribution is 2.58. The van der Waals surface area contributed by atoms with Crippen molar-refractivity contribution in [3.63, 3.8) is 0 Å². The third-order valence-electron chi connectivity index (χ3n) is 5.03. The van der Waals surface area contributed by atoms with E-state index in [0.717, 1.165) is 43.6 Å². The first kappa shape index (κ1) is 18.0. The zero-order valence-electron chi connectivity index (χ0n) is 12.8. The lowest BCUT2D eigenvalue weighted by Gasteiger charge is -2.23. The van der Waals surface area contributed by atoms with Crippen LogP contribution in [0.3, 0.4) is 0 Å². The third kappa shape index (κ3) is 3.47. The molecule has 2 fully saturated rings. The lowest BCUT2D eigenvalue weighted by Crippen LogP contribution is -2.33. The lowest BCUT2D eigenvalue weighted by atomic mass is 9.92. The number of hydrogen-bond acceptors (Lipinski definition) is 3. The second-order valence-electron chi connectivity index (χ2n) is 6.31. The van der Waals surface area contributed by atoms with Gasteiger partial charge in [-0.3, -0.25) is 4.79 Å². The zero-order chi connectivity index (χ0) is 14.3. The smallest absolute Gasteiger partial charge is 0.223 e. The summed E-state index contributed by atoms with van der Waals surface area (Å²) in [6.07, 6.45) is 9.04.